The summed E-state index contributed by atoms with van der Waals surface area (Å²) in [5.41, 5.74) is 0.675. The quantitative estimate of drug-likeness (QED) is 0.804. The molecular weight excluding hydrogens is 226 g/mol. The monoisotopic (exact) mass is 237 g/mol. The van der Waals surface area contributed by atoms with Crippen molar-refractivity contribution < 1.29 is 9.59 Å². The molecule has 0 spiro atoms. The molecule has 1 atom stereocenters. The number of rotatable bonds is 2. The van der Waals surface area contributed by atoms with Crippen molar-refractivity contribution in [3.8, 4) is 0 Å². The Hall–Kier alpha value is -1.35. The van der Waals surface area contributed by atoms with Crippen molar-refractivity contribution in [1.29, 1.82) is 0 Å². The molecule has 2 rings (SSSR count). The standard InChI is InChI=1S/C12H12ClNO2/c13-8-4-6-9(7-5-8)14-12(16)10-2-1-3-11(10)15/h4-7,10H,1-3H2,(H,14,16). The van der Waals surface area contributed by atoms with Gasteiger partial charge in [0.25, 0.3) is 0 Å². The van der Waals surface area contributed by atoms with Crippen molar-refractivity contribution in [2.24, 2.45) is 5.92 Å². The van der Waals surface area contributed by atoms with E-state index in [1.54, 1.807) is 24.3 Å². The minimum absolute atomic E-state index is 0.0477. The molecule has 0 radical (unpaired) electrons. The van der Waals surface area contributed by atoms with Gasteiger partial charge in [0.2, 0.25) is 5.91 Å². The van der Waals surface area contributed by atoms with Crippen LogP contribution in [-0.4, -0.2) is 11.7 Å². The van der Waals surface area contributed by atoms with Gasteiger partial charge in [-0.1, -0.05) is 11.6 Å². The first-order valence-corrected chi connectivity index (χ1v) is 5.64. The Bertz CT molecular complexity index is 414. The van der Waals surface area contributed by atoms with Crippen molar-refractivity contribution in [2.45, 2.75) is 19.3 Å². The summed E-state index contributed by atoms with van der Waals surface area (Å²) in [4.78, 5) is 23.1. The van der Waals surface area contributed by atoms with Gasteiger partial charge >= 0.3 is 0 Å². The zero-order chi connectivity index (χ0) is 11.5. The highest BCUT2D eigenvalue weighted by molar-refractivity contribution is 6.30. The first-order chi connectivity index (χ1) is 7.66. The van der Waals surface area contributed by atoms with Crippen LogP contribution >= 0.6 is 11.6 Å². The van der Waals surface area contributed by atoms with Crippen LogP contribution in [0.5, 0.6) is 0 Å². The van der Waals surface area contributed by atoms with Gasteiger partial charge in [0, 0.05) is 17.1 Å². The summed E-state index contributed by atoms with van der Waals surface area (Å²) >= 11 is 5.73. The summed E-state index contributed by atoms with van der Waals surface area (Å²) in [5.74, 6) is -0.619. The fraction of sp³-hybridized carbons (Fsp3) is 0.333. The summed E-state index contributed by atoms with van der Waals surface area (Å²) in [6.07, 6.45) is 2.01. The minimum atomic E-state index is -0.462. The lowest BCUT2D eigenvalue weighted by Crippen LogP contribution is -2.25. The highest BCUT2D eigenvalue weighted by Crippen LogP contribution is 2.23. The molecule has 1 unspecified atom stereocenters. The molecule has 1 fully saturated rings. The minimum Gasteiger partial charge on any atom is -0.325 e. The number of ketones is 1. The molecule has 1 aliphatic rings. The number of Topliss-reactive ketones (excluding diaryl/α,β-unsaturated/α-hetero) is 1. The molecule has 0 aromatic heterocycles. The predicted molar refractivity (Wildman–Crippen MR) is 62.4 cm³/mol. The van der Waals surface area contributed by atoms with Crippen LogP contribution in [0.25, 0.3) is 0 Å². The van der Waals surface area contributed by atoms with Crippen molar-refractivity contribution in [3.63, 3.8) is 0 Å². The van der Waals surface area contributed by atoms with E-state index in [-0.39, 0.29) is 11.7 Å². The van der Waals surface area contributed by atoms with Gasteiger partial charge in [-0.25, -0.2) is 0 Å². The van der Waals surface area contributed by atoms with E-state index < -0.39 is 5.92 Å². The molecule has 4 heteroatoms. The number of carbonyl (C=O) groups excluding carboxylic acids is 2. The lowest BCUT2D eigenvalue weighted by Gasteiger charge is -2.09. The molecule has 16 heavy (non-hydrogen) atoms. The van der Waals surface area contributed by atoms with E-state index in [2.05, 4.69) is 5.32 Å². The normalized spacial score (nSPS) is 19.8. The second-order valence-corrected chi connectivity index (χ2v) is 4.34. The third-order valence-corrected chi connectivity index (χ3v) is 2.98. The van der Waals surface area contributed by atoms with E-state index in [1.165, 1.54) is 0 Å². The molecule has 1 aromatic carbocycles. The Balaban J connectivity index is 2.02. The number of hydrogen-bond acceptors (Lipinski definition) is 2. The van der Waals surface area contributed by atoms with Gasteiger partial charge in [-0.2, -0.15) is 0 Å². The van der Waals surface area contributed by atoms with Crippen molar-refractivity contribution >= 4 is 29.0 Å². The molecule has 1 N–H and O–H groups in total. The fourth-order valence-corrected chi connectivity index (χ4v) is 1.98. The number of anilines is 1. The average molecular weight is 238 g/mol. The third-order valence-electron chi connectivity index (χ3n) is 2.73. The molecule has 0 heterocycles. The maximum absolute atomic E-state index is 11.7. The lowest BCUT2D eigenvalue weighted by atomic mass is 10.1. The number of amides is 1. The number of nitrogens with one attached hydrogen (secondary N) is 1. The molecule has 1 amide bonds. The van der Waals surface area contributed by atoms with Crippen molar-refractivity contribution in [2.75, 3.05) is 5.32 Å². The van der Waals surface area contributed by atoms with E-state index in [1.807, 2.05) is 0 Å². The van der Waals surface area contributed by atoms with Crippen LogP contribution in [0.2, 0.25) is 5.02 Å². The van der Waals surface area contributed by atoms with E-state index in [9.17, 15) is 9.59 Å². The van der Waals surface area contributed by atoms with Gasteiger partial charge in [0.05, 0.1) is 5.92 Å². The van der Waals surface area contributed by atoms with Crippen LogP contribution in [0, 0.1) is 5.92 Å². The second-order valence-electron chi connectivity index (χ2n) is 3.91. The first-order valence-electron chi connectivity index (χ1n) is 5.26. The van der Waals surface area contributed by atoms with Gasteiger partial charge in [-0.15, -0.1) is 0 Å². The summed E-state index contributed by atoms with van der Waals surface area (Å²) in [6.45, 7) is 0. The SMILES string of the molecule is O=C1CCCC1C(=O)Nc1ccc(Cl)cc1. The Morgan fingerprint density at radius 3 is 2.56 bits per heavy atom. The summed E-state index contributed by atoms with van der Waals surface area (Å²) < 4.78 is 0. The van der Waals surface area contributed by atoms with Gasteiger partial charge in [0.15, 0.2) is 0 Å². The summed E-state index contributed by atoms with van der Waals surface area (Å²) in [5, 5.41) is 3.34. The highest BCUT2D eigenvalue weighted by atomic mass is 35.5. The largest absolute Gasteiger partial charge is 0.325 e. The van der Waals surface area contributed by atoms with Gasteiger partial charge in [0.1, 0.15) is 5.78 Å². The van der Waals surface area contributed by atoms with Crippen LogP contribution in [0.4, 0.5) is 5.69 Å². The fourth-order valence-electron chi connectivity index (χ4n) is 1.86. The van der Waals surface area contributed by atoms with Crippen LogP contribution < -0.4 is 5.32 Å². The van der Waals surface area contributed by atoms with E-state index in [0.717, 1.165) is 6.42 Å². The number of benzene rings is 1. The van der Waals surface area contributed by atoms with Gasteiger partial charge < -0.3 is 5.32 Å². The molecule has 1 aliphatic carbocycles. The zero-order valence-electron chi connectivity index (χ0n) is 8.70. The Kier molecular flexibility index (Phi) is 3.25. The van der Waals surface area contributed by atoms with Crippen LogP contribution in [0.3, 0.4) is 0 Å². The smallest absolute Gasteiger partial charge is 0.234 e. The number of hydrogen-bond donors (Lipinski definition) is 1. The van der Waals surface area contributed by atoms with Crippen LogP contribution in [0.15, 0.2) is 24.3 Å². The maximum atomic E-state index is 11.7. The zero-order valence-corrected chi connectivity index (χ0v) is 9.46. The van der Waals surface area contributed by atoms with Crippen molar-refractivity contribution in [3.05, 3.63) is 29.3 Å². The molecule has 84 valence electrons. The summed E-state index contributed by atoms with van der Waals surface area (Å²) in [6, 6.07) is 6.85. The van der Waals surface area contributed by atoms with E-state index in [0.29, 0.717) is 23.6 Å². The Morgan fingerprint density at radius 1 is 1.31 bits per heavy atom. The molecular formula is C12H12ClNO2. The predicted octanol–water partition coefficient (Wildman–Crippen LogP) is 2.65. The van der Waals surface area contributed by atoms with Crippen LogP contribution in [0.1, 0.15) is 19.3 Å². The lowest BCUT2D eigenvalue weighted by molar-refractivity contribution is -0.129. The maximum Gasteiger partial charge on any atom is 0.234 e. The number of halogens is 1. The van der Waals surface area contributed by atoms with E-state index in [4.69, 9.17) is 11.6 Å². The Morgan fingerprint density at radius 2 is 2.00 bits per heavy atom. The Labute approximate surface area is 98.8 Å². The second kappa shape index (κ2) is 4.66. The van der Waals surface area contributed by atoms with Gasteiger partial charge in [-0.05, 0) is 37.1 Å². The highest BCUT2D eigenvalue weighted by Gasteiger charge is 2.30. The average Bonchev–Trinajstić information content (AvgIpc) is 2.68. The molecule has 1 aromatic rings. The first kappa shape index (κ1) is 11.1. The topological polar surface area (TPSA) is 46.2 Å². The van der Waals surface area contributed by atoms with Gasteiger partial charge in [-0.3, -0.25) is 9.59 Å². The van der Waals surface area contributed by atoms with Crippen molar-refractivity contribution in [1.82, 2.24) is 0 Å². The molecule has 3 nitrogen and oxygen atoms in total. The molecule has 0 aliphatic heterocycles. The van der Waals surface area contributed by atoms with E-state index >= 15 is 0 Å². The molecule has 1 saturated carbocycles. The number of carbonyl (C=O) groups is 2. The molecule has 0 saturated heterocycles. The molecule has 0 bridgehead atoms. The summed E-state index contributed by atoms with van der Waals surface area (Å²) in [7, 11) is 0. The third kappa shape index (κ3) is 2.42. The van der Waals surface area contributed by atoms with Crippen LogP contribution in [-0.2, 0) is 9.59 Å².